The lowest BCUT2D eigenvalue weighted by atomic mass is 10.2. The van der Waals surface area contributed by atoms with Gasteiger partial charge in [0.25, 0.3) is 0 Å². The van der Waals surface area contributed by atoms with Gasteiger partial charge >= 0.3 is 0 Å². The van der Waals surface area contributed by atoms with Crippen LogP contribution in [-0.4, -0.2) is 16.1 Å². The molecule has 0 saturated carbocycles. The molecule has 0 fully saturated rings. The van der Waals surface area contributed by atoms with Crippen LogP contribution in [0.4, 0.5) is 0 Å². The smallest absolute Gasteiger partial charge is 0.0952 e. The summed E-state index contributed by atoms with van der Waals surface area (Å²) in [4.78, 5) is 4.26. The zero-order valence-corrected chi connectivity index (χ0v) is 10.7. The van der Waals surface area contributed by atoms with E-state index in [9.17, 15) is 0 Å². The predicted octanol–water partition coefficient (Wildman–Crippen LogP) is 2.74. The zero-order valence-electron chi connectivity index (χ0n) is 9.24. The molecule has 0 aliphatic carbocycles. The van der Waals surface area contributed by atoms with Gasteiger partial charge < -0.3 is 10.3 Å². The van der Waals surface area contributed by atoms with Crippen LogP contribution in [-0.2, 0) is 13.0 Å². The summed E-state index contributed by atoms with van der Waals surface area (Å²) in [5.41, 5.74) is 7.50. The molecule has 0 amide bonds. The predicted molar refractivity (Wildman–Crippen MR) is 70.5 cm³/mol. The van der Waals surface area contributed by atoms with E-state index in [1.165, 1.54) is 0 Å². The van der Waals surface area contributed by atoms with Crippen LogP contribution in [0.5, 0.6) is 0 Å². The monoisotopic (exact) mass is 269 g/mol. The Morgan fingerprint density at radius 3 is 2.82 bits per heavy atom. The Morgan fingerprint density at radius 1 is 1.29 bits per heavy atom. The van der Waals surface area contributed by atoms with Gasteiger partial charge in [-0.3, -0.25) is 0 Å². The molecule has 0 atom stereocenters. The number of nitrogens with two attached hydrogens (primary N) is 1. The molecule has 0 saturated heterocycles. The highest BCUT2D eigenvalue weighted by molar-refractivity contribution is 6.35. The number of aromatic nitrogens is 2. The summed E-state index contributed by atoms with van der Waals surface area (Å²) in [6.45, 7) is 1.30. The Morgan fingerprint density at radius 2 is 2.12 bits per heavy atom. The lowest BCUT2D eigenvalue weighted by Gasteiger charge is -2.05. The van der Waals surface area contributed by atoms with Crippen LogP contribution in [0.25, 0.3) is 0 Å². The van der Waals surface area contributed by atoms with Crippen molar-refractivity contribution in [1.29, 1.82) is 0 Å². The van der Waals surface area contributed by atoms with Crippen LogP contribution >= 0.6 is 23.2 Å². The van der Waals surface area contributed by atoms with E-state index in [1.54, 1.807) is 12.4 Å². The van der Waals surface area contributed by atoms with Crippen molar-refractivity contribution in [2.24, 2.45) is 5.73 Å². The molecule has 17 heavy (non-hydrogen) atoms. The zero-order chi connectivity index (χ0) is 12.3. The first kappa shape index (κ1) is 12.4. The highest BCUT2D eigenvalue weighted by atomic mass is 35.5. The molecule has 2 N–H and O–H groups in total. The molecule has 0 unspecified atom stereocenters. The van der Waals surface area contributed by atoms with E-state index in [4.69, 9.17) is 28.9 Å². The van der Waals surface area contributed by atoms with Gasteiger partial charge in [0.05, 0.1) is 12.0 Å². The third-order valence-corrected chi connectivity index (χ3v) is 3.04. The maximum absolute atomic E-state index is 6.11. The van der Waals surface area contributed by atoms with Crippen LogP contribution in [0.15, 0.2) is 30.7 Å². The maximum atomic E-state index is 6.11. The fraction of sp³-hybridized carbons (Fsp3) is 0.250. The lowest BCUT2D eigenvalue weighted by Crippen LogP contribution is -2.03. The summed E-state index contributed by atoms with van der Waals surface area (Å²) in [5, 5.41) is 1.32. The van der Waals surface area contributed by atoms with Gasteiger partial charge in [-0.2, -0.15) is 0 Å². The SMILES string of the molecule is NCCc1cn(Cc2ccc(Cl)cc2Cl)cn1. The normalized spacial score (nSPS) is 10.8. The van der Waals surface area contributed by atoms with Crippen molar-refractivity contribution >= 4 is 23.2 Å². The number of hydrogen-bond acceptors (Lipinski definition) is 2. The van der Waals surface area contributed by atoms with Crippen LogP contribution in [0.1, 0.15) is 11.3 Å². The second-order valence-corrected chi connectivity index (χ2v) is 4.66. The second kappa shape index (κ2) is 5.54. The number of benzene rings is 1. The first-order valence-corrected chi connectivity index (χ1v) is 6.09. The molecule has 0 radical (unpaired) electrons. The molecule has 0 aliphatic rings. The van der Waals surface area contributed by atoms with Gasteiger partial charge in [0, 0.05) is 29.2 Å². The Bertz CT molecular complexity index is 508. The van der Waals surface area contributed by atoms with Gasteiger partial charge in [-0.05, 0) is 24.2 Å². The van der Waals surface area contributed by atoms with Crippen molar-refractivity contribution in [3.05, 3.63) is 52.0 Å². The minimum absolute atomic E-state index is 0.610. The van der Waals surface area contributed by atoms with Crippen LogP contribution in [0.2, 0.25) is 10.0 Å². The maximum Gasteiger partial charge on any atom is 0.0952 e. The topological polar surface area (TPSA) is 43.8 Å². The molecular formula is C12H13Cl2N3. The van der Waals surface area contributed by atoms with E-state index in [1.807, 2.05) is 22.9 Å². The Labute approximate surface area is 110 Å². The number of imidazole rings is 1. The van der Waals surface area contributed by atoms with Gasteiger partial charge in [-0.1, -0.05) is 29.3 Å². The van der Waals surface area contributed by atoms with Crippen LogP contribution in [0.3, 0.4) is 0 Å². The highest BCUT2D eigenvalue weighted by Gasteiger charge is 2.03. The minimum atomic E-state index is 0.610. The van der Waals surface area contributed by atoms with E-state index in [-0.39, 0.29) is 0 Å². The Balaban J connectivity index is 2.13. The molecule has 0 aliphatic heterocycles. The largest absolute Gasteiger partial charge is 0.333 e. The van der Waals surface area contributed by atoms with Crippen LogP contribution < -0.4 is 5.73 Å². The Kier molecular flexibility index (Phi) is 4.05. The number of halogens is 2. The summed E-state index contributed by atoms with van der Waals surface area (Å²) < 4.78 is 1.99. The second-order valence-electron chi connectivity index (χ2n) is 3.81. The summed E-state index contributed by atoms with van der Waals surface area (Å²) in [6, 6.07) is 5.50. The van der Waals surface area contributed by atoms with Gasteiger partial charge in [0.2, 0.25) is 0 Å². The first-order valence-electron chi connectivity index (χ1n) is 5.33. The van der Waals surface area contributed by atoms with Crippen molar-refractivity contribution in [3.63, 3.8) is 0 Å². The Hall–Kier alpha value is -1.03. The average molecular weight is 270 g/mol. The summed E-state index contributed by atoms with van der Waals surface area (Å²) >= 11 is 12.0. The third kappa shape index (κ3) is 3.22. The van der Waals surface area contributed by atoms with E-state index in [2.05, 4.69) is 4.98 Å². The molecule has 2 rings (SSSR count). The first-order chi connectivity index (χ1) is 8.19. The van der Waals surface area contributed by atoms with Gasteiger partial charge in [-0.25, -0.2) is 4.98 Å². The van der Waals surface area contributed by atoms with Gasteiger partial charge in [0.1, 0.15) is 0 Å². The van der Waals surface area contributed by atoms with Crippen LogP contribution in [0, 0.1) is 0 Å². The van der Waals surface area contributed by atoms with E-state index >= 15 is 0 Å². The molecule has 5 heteroatoms. The highest BCUT2D eigenvalue weighted by Crippen LogP contribution is 2.21. The number of hydrogen-bond donors (Lipinski definition) is 1. The van der Waals surface area contributed by atoms with Crippen molar-refractivity contribution in [3.8, 4) is 0 Å². The molecule has 0 spiro atoms. The molecular weight excluding hydrogens is 257 g/mol. The summed E-state index contributed by atoms with van der Waals surface area (Å²) in [5.74, 6) is 0. The summed E-state index contributed by atoms with van der Waals surface area (Å²) in [6.07, 6.45) is 4.56. The van der Waals surface area contributed by atoms with Gasteiger partial charge in [-0.15, -0.1) is 0 Å². The van der Waals surface area contributed by atoms with Crippen molar-refractivity contribution in [1.82, 2.24) is 9.55 Å². The molecule has 1 aromatic carbocycles. The lowest BCUT2D eigenvalue weighted by molar-refractivity contribution is 0.796. The standard InChI is InChI=1S/C12H13Cl2N3/c13-10-2-1-9(12(14)5-10)6-17-7-11(3-4-15)16-8-17/h1-2,5,7-8H,3-4,6,15H2. The quantitative estimate of drug-likeness (QED) is 0.928. The molecule has 1 heterocycles. The minimum Gasteiger partial charge on any atom is -0.333 e. The number of rotatable bonds is 4. The molecule has 0 bridgehead atoms. The molecule has 90 valence electrons. The van der Waals surface area contributed by atoms with Gasteiger partial charge in [0.15, 0.2) is 0 Å². The van der Waals surface area contributed by atoms with E-state index in [0.29, 0.717) is 23.1 Å². The molecule has 2 aromatic rings. The third-order valence-electron chi connectivity index (χ3n) is 2.46. The average Bonchev–Trinajstić information content (AvgIpc) is 2.71. The summed E-state index contributed by atoms with van der Waals surface area (Å²) in [7, 11) is 0. The van der Waals surface area contributed by atoms with E-state index in [0.717, 1.165) is 17.7 Å². The molecule has 1 aromatic heterocycles. The van der Waals surface area contributed by atoms with Crippen molar-refractivity contribution in [2.45, 2.75) is 13.0 Å². The fourth-order valence-corrected chi connectivity index (χ4v) is 2.08. The van der Waals surface area contributed by atoms with Crippen molar-refractivity contribution < 1.29 is 0 Å². The fourth-order valence-electron chi connectivity index (χ4n) is 1.62. The number of nitrogens with zero attached hydrogens (tertiary/aromatic N) is 2. The van der Waals surface area contributed by atoms with E-state index < -0.39 is 0 Å². The van der Waals surface area contributed by atoms with Crippen molar-refractivity contribution in [2.75, 3.05) is 6.54 Å². The molecule has 3 nitrogen and oxygen atoms in total.